The van der Waals surface area contributed by atoms with Crippen molar-refractivity contribution in [1.29, 1.82) is 0 Å². The molecule has 2 aliphatic heterocycles. The number of benzene rings is 1. The summed E-state index contributed by atoms with van der Waals surface area (Å²) in [5.74, 6) is 1.04. The van der Waals surface area contributed by atoms with Gasteiger partial charge >= 0.3 is 5.97 Å². The number of aliphatic imine (C=N–C) groups is 1. The number of cyclic esters (lactones) is 1. The van der Waals surface area contributed by atoms with Crippen LogP contribution < -0.4 is 9.47 Å². The van der Waals surface area contributed by atoms with Gasteiger partial charge in [-0.1, -0.05) is 6.07 Å². The van der Waals surface area contributed by atoms with Crippen molar-refractivity contribution in [3.63, 3.8) is 0 Å². The standard InChI is InChI=1S/C16H10N2O4/c19-16-12(6-10-2-1-5-17-8-10)18-15(22-16)11-3-4-13-14(7-11)21-9-20-13/h1-8H,9H2/b12-6-. The molecular formula is C16H10N2O4. The number of rotatable bonds is 2. The van der Waals surface area contributed by atoms with Crippen molar-refractivity contribution in [2.75, 3.05) is 6.79 Å². The van der Waals surface area contributed by atoms with Gasteiger partial charge < -0.3 is 14.2 Å². The quantitative estimate of drug-likeness (QED) is 0.627. The predicted octanol–water partition coefficient (Wildman–Crippen LogP) is 2.15. The van der Waals surface area contributed by atoms with Gasteiger partial charge in [0.25, 0.3) is 0 Å². The predicted molar refractivity (Wildman–Crippen MR) is 77.4 cm³/mol. The Morgan fingerprint density at radius 3 is 2.91 bits per heavy atom. The molecule has 2 aromatic rings. The monoisotopic (exact) mass is 294 g/mol. The summed E-state index contributed by atoms with van der Waals surface area (Å²) in [7, 11) is 0. The van der Waals surface area contributed by atoms with E-state index in [-0.39, 0.29) is 18.4 Å². The molecule has 0 unspecified atom stereocenters. The number of carbonyl (C=O) groups excluding carboxylic acids is 1. The Labute approximate surface area is 125 Å². The second kappa shape index (κ2) is 5.00. The minimum atomic E-state index is -0.489. The third-order valence-electron chi connectivity index (χ3n) is 3.23. The first-order valence-corrected chi connectivity index (χ1v) is 6.62. The molecule has 1 aromatic heterocycles. The summed E-state index contributed by atoms with van der Waals surface area (Å²) < 4.78 is 15.8. The molecule has 0 aliphatic carbocycles. The third kappa shape index (κ3) is 2.20. The Balaban J connectivity index is 1.68. The number of carbonyl (C=O) groups is 1. The molecule has 108 valence electrons. The average Bonchev–Trinajstić information content (AvgIpc) is 3.15. The summed E-state index contributed by atoms with van der Waals surface area (Å²) in [6.07, 6.45) is 4.94. The molecule has 4 rings (SSSR count). The van der Waals surface area contributed by atoms with Crippen molar-refractivity contribution in [3.05, 3.63) is 59.5 Å². The van der Waals surface area contributed by atoms with E-state index in [2.05, 4.69) is 9.98 Å². The molecule has 1 aromatic carbocycles. The molecule has 6 heteroatoms. The van der Waals surface area contributed by atoms with Crippen molar-refractivity contribution >= 4 is 17.9 Å². The normalized spacial score (nSPS) is 17.5. The number of esters is 1. The summed E-state index contributed by atoms with van der Waals surface area (Å²) >= 11 is 0. The van der Waals surface area contributed by atoms with Crippen LogP contribution in [0.3, 0.4) is 0 Å². The summed E-state index contributed by atoms with van der Waals surface area (Å²) in [5, 5.41) is 0. The topological polar surface area (TPSA) is 70.0 Å². The molecule has 2 aliphatic rings. The largest absolute Gasteiger partial charge is 0.454 e. The van der Waals surface area contributed by atoms with Crippen LogP contribution in [0.15, 0.2) is 53.4 Å². The molecule has 22 heavy (non-hydrogen) atoms. The fourth-order valence-corrected chi connectivity index (χ4v) is 2.18. The van der Waals surface area contributed by atoms with Crippen molar-refractivity contribution in [3.8, 4) is 11.5 Å². The second-order valence-electron chi connectivity index (χ2n) is 4.69. The van der Waals surface area contributed by atoms with Crippen LogP contribution in [0, 0.1) is 0 Å². The highest BCUT2D eigenvalue weighted by atomic mass is 16.7. The number of nitrogens with zero attached hydrogens (tertiary/aromatic N) is 2. The lowest BCUT2D eigenvalue weighted by Crippen LogP contribution is -2.05. The Hall–Kier alpha value is -3.15. The SMILES string of the molecule is O=C1OC(c2ccc3c(c2)OCO3)=N/C1=C\c1cccnc1. The van der Waals surface area contributed by atoms with E-state index in [1.54, 1.807) is 42.7 Å². The van der Waals surface area contributed by atoms with Gasteiger partial charge in [-0.25, -0.2) is 9.79 Å². The molecule has 0 bridgehead atoms. The summed E-state index contributed by atoms with van der Waals surface area (Å²) in [5.41, 5.74) is 1.68. The van der Waals surface area contributed by atoms with Gasteiger partial charge in [0.1, 0.15) is 0 Å². The van der Waals surface area contributed by atoms with Gasteiger partial charge in [0, 0.05) is 18.0 Å². The minimum Gasteiger partial charge on any atom is -0.454 e. The van der Waals surface area contributed by atoms with E-state index in [9.17, 15) is 4.79 Å². The molecule has 0 spiro atoms. The van der Waals surface area contributed by atoms with Crippen molar-refractivity contribution in [2.24, 2.45) is 4.99 Å². The molecule has 6 nitrogen and oxygen atoms in total. The van der Waals surface area contributed by atoms with Gasteiger partial charge in [0.2, 0.25) is 12.7 Å². The van der Waals surface area contributed by atoms with E-state index in [4.69, 9.17) is 14.2 Å². The molecule has 3 heterocycles. The van der Waals surface area contributed by atoms with E-state index >= 15 is 0 Å². The van der Waals surface area contributed by atoms with Crippen LogP contribution in [0.5, 0.6) is 11.5 Å². The van der Waals surface area contributed by atoms with Gasteiger partial charge in [-0.2, -0.15) is 0 Å². The van der Waals surface area contributed by atoms with Crippen LogP contribution >= 0.6 is 0 Å². The lowest BCUT2D eigenvalue weighted by molar-refractivity contribution is -0.129. The highest BCUT2D eigenvalue weighted by Gasteiger charge is 2.25. The first kappa shape index (κ1) is 12.6. The van der Waals surface area contributed by atoms with Crippen molar-refractivity contribution in [1.82, 2.24) is 4.98 Å². The van der Waals surface area contributed by atoms with Gasteiger partial charge in [-0.3, -0.25) is 4.98 Å². The Bertz CT molecular complexity index is 812. The summed E-state index contributed by atoms with van der Waals surface area (Å²) in [4.78, 5) is 20.1. The smallest absolute Gasteiger partial charge is 0.363 e. The van der Waals surface area contributed by atoms with E-state index in [0.717, 1.165) is 5.56 Å². The molecule has 0 fully saturated rings. The fourth-order valence-electron chi connectivity index (χ4n) is 2.18. The molecule has 0 N–H and O–H groups in total. The number of ether oxygens (including phenoxy) is 3. The summed E-state index contributed by atoms with van der Waals surface area (Å²) in [6, 6.07) is 8.89. The van der Waals surface area contributed by atoms with Crippen molar-refractivity contribution < 1.29 is 19.0 Å². The molecule has 0 amide bonds. The molecular weight excluding hydrogens is 284 g/mol. The Kier molecular flexibility index (Phi) is 2.86. The molecule has 0 radical (unpaired) electrons. The maximum atomic E-state index is 11.9. The number of hydrogen-bond donors (Lipinski definition) is 0. The Morgan fingerprint density at radius 1 is 1.14 bits per heavy atom. The van der Waals surface area contributed by atoms with Crippen molar-refractivity contribution in [2.45, 2.75) is 0 Å². The van der Waals surface area contributed by atoms with Crippen LogP contribution in [0.2, 0.25) is 0 Å². The number of fused-ring (bicyclic) bond motifs is 1. The fraction of sp³-hybridized carbons (Fsp3) is 0.0625. The van der Waals surface area contributed by atoms with Crippen LogP contribution in [0.4, 0.5) is 0 Å². The number of hydrogen-bond acceptors (Lipinski definition) is 6. The van der Waals surface area contributed by atoms with Gasteiger partial charge in [0.05, 0.1) is 0 Å². The molecule has 0 saturated carbocycles. The zero-order valence-electron chi connectivity index (χ0n) is 11.4. The minimum absolute atomic E-state index is 0.192. The second-order valence-corrected chi connectivity index (χ2v) is 4.69. The van der Waals surface area contributed by atoms with Crippen LogP contribution in [-0.4, -0.2) is 23.6 Å². The average molecular weight is 294 g/mol. The summed E-state index contributed by atoms with van der Waals surface area (Å²) in [6.45, 7) is 0.192. The van der Waals surface area contributed by atoms with E-state index in [1.807, 2.05) is 6.07 Å². The third-order valence-corrected chi connectivity index (χ3v) is 3.23. The van der Waals surface area contributed by atoms with Gasteiger partial charge in [-0.05, 0) is 35.9 Å². The highest BCUT2D eigenvalue weighted by molar-refractivity contribution is 6.13. The molecule has 0 atom stereocenters. The van der Waals surface area contributed by atoms with Gasteiger partial charge in [-0.15, -0.1) is 0 Å². The van der Waals surface area contributed by atoms with Gasteiger partial charge in [0.15, 0.2) is 17.2 Å². The molecule has 0 saturated heterocycles. The van der Waals surface area contributed by atoms with E-state index < -0.39 is 5.97 Å². The first-order chi connectivity index (χ1) is 10.8. The zero-order valence-corrected chi connectivity index (χ0v) is 11.4. The number of pyridine rings is 1. The lowest BCUT2D eigenvalue weighted by atomic mass is 10.2. The lowest BCUT2D eigenvalue weighted by Gasteiger charge is -2.01. The number of aromatic nitrogens is 1. The van der Waals surface area contributed by atoms with Crippen LogP contribution in [0.25, 0.3) is 6.08 Å². The highest BCUT2D eigenvalue weighted by Crippen LogP contribution is 2.33. The van der Waals surface area contributed by atoms with E-state index in [1.165, 1.54) is 0 Å². The van der Waals surface area contributed by atoms with Crippen LogP contribution in [-0.2, 0) is 9.53 Å². The maximum absolute atomic E-state index is 11.9. The zero-order chi connectivity index (χ0) is 14.9. The Morgan fingerprint density at radius 2 is 2.05 bits per heavy atom. The van der Waals surface area contributed by atoms with E-state index in [0.29, 0.717) is 17.1 Å². The maximum Gasteiger partial charge on any atom is 0.363 e. The first-order valence-electron chi connectivity index (χ1n) is 6.62. The van der Waals surface area contributed by atoms with Crippen LogP contribution in [0.1, 0.15) is 11.1 Å².